The van der Waals surface area contributed by atoms with Gasteiger partial charge in [0.1, 0.15) is 11.9 Å². The number of nitriles is 1. The van der Waals surface area contributed by atoms with Crippen molar-refractivity contribution in [2.24, 2.45) is 17.8 Å². The van der Waals surface area contributed by atoms with Gasteiger partial charge < -0.3 is 11.1 Å². The topological polar surface area (TPSA) is 74.7 Å². The molecule has 0 saturated heterocycles. The zero-order valence-corrected chi connectivity index (χ0v) is 11.6. The number of pyridine rings is 1. The van der Waals surface area contributed by atoms with Gasteiger partial charge in [0, 0.05) is 6.54 Å². The number of nitrogens with one attached hydrogen (secondary N) is 1. The molecule has 1 heterocycles. The minimum atomic E-state index is 0.283. The van der Waals surface area contributed by atoms with Gasteiger partial charge in [-0.05, 0) is 29.9 Å². The smallest absolute Gasteiger partial charge is 0.165 e. The Morgan fingerprint density at radius 3 is 2.39 bits per heavy atom. The van der Waals surface area contributed by atoms with Crippen LogP contribution in [0.1, 0.15) is 33.4 Å². The zero-order chi connectivity index (χ0) is 13.7. The van der Waals surface area contributed by atoms with Crippen molar-refractivity contribution in [3.8, 4) is 6.07 Å². The maximum atomic E-state index is 8.88. The number of aromatic nitrogens is 1. The third-order valence-electron chi connectivity index (χ3n) is 3.26. The molecule has 0 aromatic carbocycles. The van der Waals surface area contributed by atoms with Gasteiger partial charge in [0.05, 0.1) is 5.69 Å². The summed E-state index contributed by atoms with van der Waals surface area (Å²) in [6, 6.07) is 5.52. The van der Waals surface area contributed by atoms with Crippen LogP contribution in [0.5, 0.6) is 0 Å². The fourth-order valence-electron chi connectivity index (χ4n) is 2.12. The fraction of sp³-hybridized carbons (Fsp3) is 0.571. The lowest BCUT2D eigenvalue weighted by Gasteiger charge is -2.25. The molecular weight excluding hydrogens is 224 g/mol. The lowest BCUT2D eigenvalue weighted by molar-refractivity contribution is 0.304. The molecule has 4 heteroatoms. The Hall–Kier alpha value is -1.76. The molecule has 0 bridgehead atoms. The summed E-state index contributed by atoms with van der Waals surface area (Å²) >= 11 is 0. The van der Waals surface area contributed by atoms with Gasteiger partial charge in [-0.25, -0.2) is 4.98 Å². The number of nitrogens with zero attached hydrogens (tertiary/aromatic N) is 2. The second kappa shape index (κ2) is 6.25. The van der Waals surface area contributed by atoms with Crippen molar-refractivity contribution in [2.75, 3.05) is 17.6 Å². The molecule has 0 saturated carbocycles. The average molecular weight is 246 g/mol. The zero-order valence-electron chi connectivity index (χ0n) is 11.6. The van der Waals surface area contributed by atoms with Crippen LogP contribution in [0.2, 0.25) is 0 Å². The predicted molar refractivity (Wildman–Crippen MR) is 75.0 cm³/mol. The van der Waals surface area contributed by atoms with Crippen molar-refractivity contribution in [3.63, 3.8) is 0 Å². The quantitative estimate of drug-likeness (QED) is 0.837. The first-order chi connectivity index (χ1) is 8.45. The van der Waals surface area contributed by atoms with E-state index in [2.05, 4.69) is 38.0 Å². The van der Waals surface area contributed by atoms with Crippen molar-refractivity contribution in [3.05, 3.63) is 17.8 Å². The van der Waals surface area contributed by atoms with Crippen LogP contribution in [-0.2, 0) is 0 Å². The maximum Gasteiger partial charge on any atom is 0.165 e. The summed E-state index contributed by atoms with van der Waals surface area (Å²) in [5, 5.41) is 12.2. The molecule has 0 fully saturated rings. The molecule has 0 aliphatic carbocycles. The standard InChI is InChI=1S/C14H22N4/c1-9(2)11(10(3)4)8-17-14-6-5-12(16)13(7-15)18-14/h5-6,9-11H,8,16H2,1-4H3,(H,17,18). The monoisotopic (exact) mass is 246 g/mol. The van der Waals surface area contributed by atoms with E-state index in [1.165, 1.54) is 0 Å². The maximum absolute atomic E-state index is 8.88. The Bertz CT molecular complexity index is 424. The van der Waals surface area contributed by atoms with E-state index in [1.807, 2.05) is 12.1 Å². The molecular formula is C14H22N4. The van der Waals surface area contributed by atoms with Crippen molar-refractivity contribution in [2.45, 2.75) is 27.7 Å². The van der Waals surface area contributed by atoms with Crippen LogP contribution in [0.3, 0.4) is 0 Å². The molecule has 1 rings (SSSR count). The molecule has 4 nitrogen and oxygen atoms in total. The number of anilines is 2. The van der Waals surface area contributed by atoms with Gasteiger partial charge in [-0.3, -0.25) is 0 Å². The summed E-state index contributed by atoms with van der Waals surface area (Å²) in [7, 11) is 0. The normalized spacial score (nSPS) is 11.0. The highest BCUT2D eigenvalue weighted by Gasteiger charge is 2.17. The lowest BCUT2D eigenvalue weighted by atomic mass is 9.85. The molecule has 0 amide bonds. The van der Waals surface area contributed by atoms with Crippen LogP contribution in [0.25, 0.3) is 0 Å². The van der Waals surface area contributed by atoms with Crippen LogP contribution in [0, 0.1) is 29.1 Å². The van der Waals surface area contributed by atoms with Gasteiger partial charge in [-0.2, -0.15) is 5.26 Å². The van der Waals surface area contributed by atoms with Gasteiger partial charge in [-0.1, -0.05) is 27.7 Å². The van der Waals surface area contributed by atoms with E-state index in [0.29, 0.717) is 29.3 Å². The molecule has 0 aliphatic heterocycles. The molecule has 18 heavy (non-hydrogen) atoms. The Morgan fingerprint density at radius 2 is 1.89 bits per heavy atom. The summed E-state index contributed by atoms with van der Waals surface area (Å²) in [6.07, 6.45) is 0. The van der Waals surface area contributed by atoms with Crippen molar-refractivity contribution < 1.29 is 0 Å². The first kappa shape index (κ1) is 14.3. The third-order valence-corrected chi connectivity index (χ3v) is 3.26. The van der Waals surface area contributed by atoms with Crippen LogP contribution >= 0.6 is 0 Å². The second-order valence-corrected chi connectivity index (χ2v) is 5.28. The van der Waals surface area contributed by atoms with E-state index < -0.39 is 0 Å². The van der Waals surface area contributed by atoms with E-state index in [4.69, 9.17) is 11.0 Å². The van der Waals surface area contributed by atoms with E-state index in [1.54, 1.807) is 6.07 Å². The predicted octanol–water partition coefficient (Wildman–Crippen LogP) is 2.88. The first-order valence-corrected chi connectivity index (χ1v) is 6.36. The summed E-state index contributed by atoms with van der Waals surface area (Å²) in [5.41, 5.74) is 6.35. The fourth-order valence-corrected chi connectivity index (χ4v) is 2.12. The first-order valence-electron chi connectivity index (χ1n) is 6.36. The van der Waals surface area contributed by atoms with Crippen LogP contribution < -0.4 is 11.1 Å². The Balaban J connectivity index is 2.71. The third kappa shape index (κ3) is 3.63. The summed E-state index contributed by atoms with van der Waals surface area (Å²) < 4.78 is 0. The van der Waals surface area contributed by atoms with Crippen LogP contribution in [0.4, 0.5) is 11.5 Å². The van der Waals surface area contributed by atoms with E-state index in [-0.39, 0.29) is 5.69 Å². The molecule has 0 spiro atoms. The number of nitrogen functional groups attached to an aromatic ring is 1. The highest BCUT2D eigenvalue weighted by atomic mass is 15.0. The summed E-state index contributed by atoms with van der Waals surface area (Å²) in [4.78, 5) is 4.18. The molecule has 0 aliphatic rings. The van der Waals surface area contributed by atoms with Gasteiger partial charge >= 0.3 is 0 Å². The second-order valence-electron chi connectivity index (χ2n) is 5.28. The van der Waals surface area contributed by atoms with Crippen LogP contribution in [-0.4, -0.2) is 11.5 Å². The molecule has 0 unspecified atom stereocenters. The molecule has 0 atom stereocenters. The minimum Gasteiger partial charge on any atom is -0.396 e. The minimum absolute atomic E-state index is 0.283. The van der Waals surface area contributed by atoms with Crippen molar-refractivity contribution in [1.82, 2.24) is 4.98 Å². The van der Waals surface area contributed by atoms with E-state index in [0.717, 1.165) is 6.54 Å². The van der Waals surface area contributed by atoms with Crippen molar-refractivity contribution >= 4 is 11.5 Å². The largest absolute Gasteiger partial charge is 0.396 e. The van der Waals surface area contributed by atoms with Crippen molar-refractivity contribution in [1.29, 1.82) is 5.26 Å². The lowest BCUT2D eigenvalue weighted by Crippen LogP contribution is -2.24. The molecule has 0 radical (unpaired) electrons. The number of rotatable bonds is 5. The molecule has 3 N–H and O–H groups in total. The average Bonchev–Trinajstić information content (AvgIpc) is 2.30. The van der Waals surface area contributed by atoms with E-state index >= 15 is 0 Å². The van der Waals surface area contributed by atoms with Gasteiger partial charge in [0.2, 0.25) is 0 Å². The summed E-state index contributed by atoms with van der Waals surface area (Å²) in [6.45, 7) is 9.76. The number of hydrogen-bond acceptors (Lipinski definition) is 4. The highest BCUT2D eigenvalue weighted by molar-refractivity contribution is 5.54. The number of hydrogen-bond donors (Lipinski definition) is 2. The summed E-state index contributed by atoms with van der Waals surface area (Å²) in [5.74, 6) is 2.52. The SMILES string of the molecule is CC(C)C(CNc1ccc(N)c(C#N)n1)C(C)C. The van der Waals surface area contributed by atoms with Crippen LogP contribution in [0.15, 0.2) is 12.1 Å². The Morgan fingerprint density at radius 1 is 1.28 bits per heavy atom. The van der Waals surface area contributed by atoms with Gasteiger partial charge in [0.25, 0.3) is 0 Å². The van der Waals surface area contributed by atoms with Gasteiger partial charge in [-0.15, -0.1) is 0 Å². The highest BCUT2D eigenvalue weighted by Crippen LogP contribution is 2.21. The van der Waals surface area contributed by atoms with E-state index in [9.17, 15) is 0 Å². The molecule has 1 aromatic rings. The Labute approximate surface area is 109 Å². The van der Waals surface area contributed by atoms with Gasteiger partial charge in [0.15, 0.2) is 5.69 Å². The molecule has 98 valence electrons. The number of nitrogens with two attached hydrogens (primary N) is 1. The Kier molecular flexibility index (Phi) is 4.96. The molecule has 1 aromatic heterocycles.